The summed E-state index contributed by atoms with van der Waals surface area (Å²) in [6.07, 6.45) is 3.76. The van der Waals surface area contributed by atoms with Gasteiger partial charge in [-0.1, -0.05) is 40.2 Å². The molecule has 0 aliphatic rings. The van der Waals surface area contributed by atoms with E-state index in [4.69, 9.17) is 0 Å². The van der Waals surface area contributed by atoms with Crippen molar-refractivity contribution in [2.75, 3.05) is 0 Å². The molecule has 2 aromatic heterocycles. The molecule has 0 bridgehead atoms. The Bertz CT molecular complexity index is 626. The lowest BCUT2D eigenvalue weighted by Crippen LogP contribution is -1.88. The van der Waals surface area contributed by atoms with Crippen LogP contribution in [0, 0.1) is 0 Å². The molecule has 0 unspecified atom stereocenters. The molecule has 0 aliphatic carbocycles. The Kier molecular flexibility index (Phi) is 3.30. The molecule has 0 saturated heterocycles. The third-order valence-electron chi connectivity index (χ3n) is 2.71. The molecule has 3 rings (SSSR count). The summed E-state index contributed by atoms with van der Waals surface area (Å²) in [4.78, 5) is 1.27. The minimum Gasteiger partial charge on any atom is -0.231 e. The highest BCUT2D eigenvalue weighted by Crippen LogP contribution is 2.30. The molecular formula is C14H11BrN2S. The van der Waals surface area contributed by atoms with Gasteiger partial charge in [-0.15, -0.1) is 11.3 Å². The molecule has 0 saturated carbocycles. The molecule has 0 fully saturated rings. The van der Waals surface area contributed by atoms with Crippen molar-refractivity contribution in [3.63, 3.8) is 0 Å². The van der Waals surface area contributed by atoms with Gasteiger partial charge in [0.05, 0.1) is 0 Å². The van der Waals surface area contributed by atoms with Crippen LogP contribution in [0.5, 0.6) is 0 Å². The Morgan fingerprint density at radius 3 is 2.61 bits per heavy atom. The van der Waals surface area contributed by atoms with Crippen LogP contribution < -0.4 is 0 Å². The molecule has 3 aromatic rings. The number of alkyl halides is 1. The summed E-state index contributed by atoms with van der Waals surface area (Å²) in [7, 11) is 0. The van der Waals surface area contributed by atoms with Crippen LogP contribution in [0.15, 0.2) is 54.9 Å². The zero-order chi connectivity index (χ0) is 12.4. The topological polar surface area (TPSA) is 17.8 Å². The van der Waals surface area contributed by atoms with Crippen LogP contribution in [0.4, 0.5) is 0 Å². The van der Waals surface area contributed by atoms with Crippen molar-refractivity contribution in [1.82, 2.24) is 9.78 Å². The number of nitrogens with zero attached hydrogens (tertiary/aromatic N) is 2. The highest BCUT2D eigenvalue weighted by atomic mass is 79.9. The molecular weight excluding hydrogens is 308 g/mol. The van der Waals surface area contributed by atoms with Gasteiger partial charge in [-0.3, -0.25) is 0 Å². The minimum absolute atomic E-state index is 0.899. The van der Waals surface area contributed by atoms with Crippen LogP contribution in [-0.4, -0.2) is 9.78 Å². The van der Waals surface area contributed by atoms with E-state index in [1.807, 2.05) is 16.9 Å². The van der Waals surface area contributed by atoms with E-state index in [9.17, 15) is 0 Å². The Balaban J connectivity index is 1.92. The van der Waals surface area contributed by atoms with Gasteiger partial charge >= 0.3 is 0 Å². The maximum atomic E-state index is 4.24. The summed E-state index contributed by atoms with van der Waals surface area (Å²) in [5, 5.41) is 6.28. The maximum absolute atomic E-state index is 4.24. The first-order valence-corrected chi connectivity index (χ1v) is 7.56. The first kappa shape index (κ1) is 11.7. The molecule has 0 atom stereocenters. The Labute approximate surface area is 118 Å². The molecule has 0 spiro atoms. The molecule has 0 amide bonds. The monoisotopic (exact) mass is 318 g/mol. The number of aromatic nitrogens is 2. The Morgan fingerprint density at radius 2 is 1.94 bits per heavy atom. The quantitative estimate of drug-likeness (QED) is 0.650. The van der Waals surface area contributed by atoms with E-state index in [0.29, 0.717) is 0 Å². The summed E-state index contributed by atoms with van der Waals surface area (Å²) in [5.74, 6) is 0. The van der Waals surface area contributed by atoms with E-state index in [0.717, 1.165) is 10.3 Å². The number of halogens is 1. The molecule has 18 heavy (non-hydrogen) atoms. The average Bonchev–Trinajstić information content (AvgIpc) is 3.09. The molecule has 1 aromatic carbocycles. The van der Waals surface area contributed by atoms with Crippen LogP contribution in [0.1, 0.15) is 5.56 Å². The van der Waals surface area contributed by atoms with E-state index in [1.54, 1.807) is 17.5 Å². The summed E-state index contributed by atoms with van der Waals surface area (Å²) in [5.41, 5.74) is 2.55. The molecule has 0 radical (unpaired) electrons. The predicted molar refractivity (Wildman–Crippen MR) is 79.5 cm³/mol. The molecule has 2 nitrogen and oxygen atoms in total. The van der Waals surface area contributed by atoms with Crippen LogP contribution in [0.3, 0.4) is 0 Å². The molecule has 2 heterocycles. The van der Waals surface area contributed by atoms with Crippen molar-refractivity contribution in [2.45, 2.75) is 5.33 Å². The summed E-state index contributed by atoms with van der Waals surface area (Å²) in [6.45, 7) is 0. The number of rotatable bonds is 3. The fraction of sp³-hybridized carbons (Fsp3) is 0.0714. The van der Waals surface area contributed by atoms with Gasteiger partial charge in [0.15, 0.2) is 0 Å². The van der Waals surface area contributed by atoms with Gasteiger partial charge in [-0.25, -0.2) is 4.68 Å². The van der Waals surface area contributed by atoms with Crippen LogP contribution in [0.2, 0.25) is 0 Å². The van der Waals surface area contributed by atoms with Crippen molar-refractivity contribution >= 4 is 27.3 Å². The Morgan fingerprint density at radius 1 is 1.11 bits per heavy atom. The second-order valence-corrected chi connectivity index (χ2v) is 5.54. The largest absolute Gasteiger partial charge is 0.231 e. The highest BCUT2D eigenvalue weighted by Gasteiger charge is 2.04. The van der Waals surface area contributed by atoms with Crippen LogP contribution in [0.25, 0.3) is 15.4 Å². The summed E-state index contributed by atoms with van der Waals surface area (Å²) in [6, 6.07) is 14.8. The van der Waals surface area contributed by atoms with Gasteiger partial charge in [0.25, 0.3) is 0 Å². The van der Waals surface area contributed by atoms with Gasteiger partial charge in [-0.05, 0) is 29.3 Å². The van der Waals surface area contributed by atoms with E-state index in [-0.39, 0.29) is 0 Å². The normalized spacial score (nSPS) is 10.7. The lowest BCUT2D eigenvalue weighted by molar-refractivity contribution is 0.898. The summed E-state index contributed by atoms with van der Waals surface area (Å²) >= 11 is 5.21. The third-order valence-corrected chi connectivity index (χ3v) is 4.49. The minimum atomic E-state index is 0.899. The number of benzene rings is 1. The van der Waals surface area contributed by atoms with E-state index in [2.05, 4.69) is 57.4 Å². The van der Waals surface area contributed by atoms with Crippen LogP contribution in [-0.2, 0) is 5.33 Å². The zero-order valence-electron chi connectivity index (χ0n) is 9.58. The van der Waals surface area contributed by atoms with Crippen molar-refractivity contribution < 1.29 is 0 Å². The number of thiophene rings is 1. The average molecular weight is 319 g/mol. The smallest absolute Gasteiger partial charge is 0.118 e. The van der Waals surface area contributed by atoms with E-state index >= 15 is 0 Å². The van der Waals surface area contributed by atoms with E-state index in [1.165, 1.54) is 16.0 Å². The summed E-state index contributed by atoms with van der Waals surface area (Å²) < 4.78 is 1.89. The molecule has 0 N–H and O–H groups in total. The first-order chi connectivity index (χ1) is 8.86. The van der Waals surface area contributed by atoms with Crippen LogP contribution >= 0.6 is 27.3 Å². The lowest BCUT2D eigenvalue weighted by Gasteiger charge is -1.99. The second kappa shape index (κ2) is 5.08. The van der Waals surface area contributed by atoms with Crippen molar-refractivity contribution in [3.8, 4) is 15.4 Å². The third kappa shape index (κ3) is 2.26. The van der Waals surface area contributed by atoms with Gasteiger partial charge < -0.3 is 0 Å². The zero-order valence-corrected chi connectivity index (χ0v) is 12.0. The first-order valence-electron chi connectivity index (χ1n) is 5.62. The number of hydrogen-bond acceptors (Lipinski definition) is 2. The SMILES string of the molecule is BrCc1ccc(-c2ccc(-n3cccn3)s2)cc1. The molecule has 90 valence electrons. The lowest BCUT2D eigenvalue weighted by atomic mass is 10.1. The maximum Gasteiger partial charge on any atom is 0.118 e. The van der Waals surface area contributed by atoms with Gasteiger partial charge in [0, 0.05) is 22.6 Å². The fourth-order valence-electron chi connectivity index (χ4n) is 1.76. The fourth-order valence-corrected chi connectivity index (χ4v) is 3.09. The Hall–Kier alpha value is -1.39. The highest BCUT2D eigenvalue weighted by molar-refractivity contribution is 9.08. The predicted octanol–water partition coefficient (Wildman–Crippen LogP) is 4.50. The van der Waals surface area contributed by atoms with Crippen molar-refractivity contribution in [3.05, 3.63) is 60.4 Å². The van der Waals surface area contributed by atoms with Gasteiger partial charge in [0.1, 0.15) is 5.00 Å². The van der Waals surface area contributed by atoms with E-state index < -0.39 is 0 Å². The standard InChI is InChI=1S/C14H11BrN2S/c15-10-11-2-4-12(5-3-11)13-6-7-14(18-13)17-9-1-8-16-17/h1-9H,10H2. The van der Waals surface area contributed by atoms with Crippen molar-refractivity contribution in [1.29, 1.82) is 0 Å². The number of hydrogen-bond donors (Lipinski definition) is 0. The molecule has 4 heteroatoms. The van der Waals surface area contributed by atoms with Gasteiger partial charge in [-0.2, -0.15) is 5.10 Å². The second-order valence-electron chi connectivity index (χ2n) is 3.92. The molecule has 0 aliphatic heterocycles. The van der Waals surface area contributed by atoms with Crippen molar-refractivity contribution in [2.24, 2.45) is 0 Å². The van der Waals surface area contributed by atoms with Gasteiger partial charge in [0.2, 0.25) is 0 Å².